The van der Waals surface area contributed by atoms with Crippen molar-refractivity contribution in [2.75, 3.05) is 31.4 Å². The van der Waals surface area contributed by atoms with Gasteiger partial charge in [-0.05, 0) is 30.5 Å². The number of aromatic nitrogens is 2. The topological polar surface area (TPSA) is 85.4 Å². The molecule has 1 amide bonds. The molecule has 0 unspecified atom stereocenters. The van der Waals surface area contributed by atoms with Gasteiger partial charge in [-0.15, -0.1) is 0 Å². The first-order valence-electron chi connectivity index (χ1n) is 8.13. The third-order valence-corrected chi connectivity index (χ3v) is 3.55. The van der Waals surface area contributed by atoms with Crippen molar-refractivity contribution < 1.29 is 14.3 Å². The molecule has 2 rings (SSSR count). The Morgan fingerprint density at radius 1 is 1.20 bits per heavy atom. The Bertz CT molecular complexity index is 719. The van der Waals surface area contributed by atoms with Crippen LogP contribution in [-0.4, -0.2) is 36.6 Å². The van der Waals surface area contributed by atoms with E-state index in [9.17, 15) is 4.79 Å². The average molecular weight is 344 g/mol. The molecule has 134 valence electrons. The predicted octanol–water partition coefficient (Wildman–Crippen LogP) is 3.20. The smallest absolute Gasteiger partial charge is 0.274 e. The SMILES string of the molecule is COc1ccc(OC)c(NC(=O)c2ccnc(NCCC(C)C)n2)c1. The van der Waals surface area contributed by atoms with Crippen LogP contribution in [0.1, 0.15) is 30.8 Å². The fraction of sp³-hybridized carbons (Fsp3) is 0.389. The molecule has 1 aromatic heterocycles. The normalized spacial score (nSPS) is 10.4. The number of methoxy groups -OCH3 is 2. The lowest BCUT2D eigenvalue weighted by atomic mass is 10.1. The molecule has 0 aliphatic heterocycles. The van der Waals surface area contributed by atoms with Gasteiger partial charge in [0.2, 0.25) is 5.95 Å². The zero-order chi connectivity index (χ0) is 18.2. The molecule has 0 saturated heterocycles. The molecule has 0 fully saturated rings. The first-order chi connectivity index (χ1) is 12.0. The molecule has 7 heteroatoms. The highest BCUT2D eigenvalue weighted by Gasteiger charge is 2.13. The maximum absolute atomic E-state index is 12.5. The number of carbonyl (C=O) groups is 1. The molecule has 0 saturated carbocycles. The Kier molecular flexibility index (Phi) is 6.56. The number of anilines is 2. The van der Waals surface area contributed by atoms with Crippen LogP contribution in [0, 0.1) is 5.92 Å². The number of amides is 1. The lowest BCUT2D eigenvalue weighted by Crippen LogP contribution is -2.16. The minimum atomic E-state index is -0.346. The highest BCUT2D eigenvalue weighted by molar-refractivity contribution is 6.03. The second kappa shape index (κ2) is 8.86. The van der Waals surface area contributed by atoms with Gasteiger partial charge in [0.1, 0.15) is 17.2 Å². The minimum Gasteiger partial charge on any atom is -0.497 e. The minimum absolute atomic E-state index is 0.270. The Balaban J connectivity index is 2.10. The summed E-state index contributed by atoms with van der Waals surface area (Å²) < 4.78 is 10.4. The summed E-state index contributed by atoms with van der Waals surface area (Å²) in [6.45, 7) is 5.05. The summed E-state index contributed by atoms with van der Waals surface area (Å²) in [7, 11) is 3.10. The summed E-state index contributed by atoms with van der Waals surface area (Å²) in [6, 6.07) is 6.75. The van der Waals surface area contributed by atoms with Crippen LogP contribution < -0.4 is 20.1 Å². The van der Waals surface area contributed by atoms with E-state index in [-0.39, 0.29) is 11.6 Å². The number of carbonyl (C=O) groups excluding carboxylic acids is 1. The number of rotatable bonds is 8. The second-order valence-corrected chi connectivity index (χ2v) is 5.90. The quantitative estimate of drug-likeness (QED) is 0.765. The highest BCUT2D eigenvalue weighted by Crippen LogP contribution is 2.29. The van der Waals surface area contributed by atoms with Crippen molar-refractivity contribution in [2.45, 2.75) is 20.3 Å². The van der Waals surface area contributed by atoms with E-state index in [0.717, 1.165) is 13.0 Å². The molecule has 0 aliphatic carbocycles. The van der Waals surface area contributed by atoms with Crippen LogP contribution in [0.15, 0.2) is 30.5 Å². The number of benzene rings is 1. The fourth-order valence-electron chi connectivity index (χ4n) is 2.14. The van der Waals surface area contributed by atoms with Crippen molar-refractivity contribution in [1.29, 1.82) is 0 Å². The highest BCUT2D eigenvalue weighted by atomic mass is 16.5. The number of hydrogen-bond acceptors (Lipinski definition) is 6. The van der Waals surface area contributed by atoms with Gasteiger partial charge in [-0.1, -0.05) is 13.8 Å². The van der Waals surface area contributed by atoms with E-state index in [4.69, 9.17) is 9.47 Å². The van der Waals surface area contributed by atoms with E-state index < -0.39 is 0 Å². The van der Waals surface area contributed by atoms with Crippen molar-refractivity contribution in [3.05, 3.63) is 36.2 Å². The first-order valence-corrected chi connectivity index (χ1v) is 8.13. The van der Waals surface area contributed by atoms with E-state index in [1.54, 1.807) is 44.7 Å². The lowest BCUT2D eigenvalue weighted by Gasteiger charge is -2.12. The summed E-state index contributed by atoms with van der Waals surface area (Å²) in [6.07, 6.45) is 2.56. The number of nitrogens with zero attached hydrogens (tertiary/aromatic N) is 2. The molecule has 0 atom stereocenters. The second-order valence-electron chi connectivity index (χ2n) is 5.90. The standard InChI is InChI=1S/C18H24N4O3/c1-12(2)7-9-19-18-20-10-8-14(22-18)17(23)21-15-11-13(24-3)5-6-16(15)25-4/h5-6,8,10-12H,7,9H2,1-4H3,(H,21,23)(H,19,20,22). The van der Waals surface area contributed by atoms with Gasteiger partial charge in [0.15, 0.2) is 0 Å². The van der Waals surface area contributed by atoms with Crippen molar-refractivity contribution in [1.82, 2.24) is 9.97 Å². The number of ether oxygens (including phenoxy) is 2. The van der Waals surface area contributed by atoms with Crippen molar-refractivity contribution in [2.24, 2.45) is 5.92 Å². The molecule has 0 aliphatic rings. The van der Waals surface area contributed by atoms with Gasteiger partial charge in [-0.25, -0.2) is 9.97 Å². The van der Waals surface area contributed by atoms with Crippen LogP contribution in [0.4, 0.5) is 11.6 Å². The van der Waals surface area contributed by atoms with Gasteiger partial charge in [-0.3, -0.25) is 4.79 Å². The van der Waals surface area contributed by atoms with Crippen LogP contribution in [-0.2, 0) is 0 Å². The zero-order valence-electron chi connectivity index (χ0n) is 15.0. The Hall–Kier alpha value is -2.83. The maximum atomic E-state index is 12.5. The van der Waals surface area contributed by atoms with Crippen LogP contribution >= 0.6 is 0 Å². The molecule has 7 nitrogen and oxygen atoms in total. The largest absolute Gasteiger partial charge is 0.497 e. The van der Waals surface area contributed by atoms with Gasteiger partial charge < -0.3 is 20.1 Å². The Labute approximate surface area is 147 Å². The van der Waals surface area contributed by atoms with Crippen LogP contribution in [0.5, 0.6) is 11.5 Å². The molecular weight excluding hydrogens is 320 g/mol. The van der Waals surface area contributed by atoms with E-state index >= 15 is 0 Å². The third-order valence-electron chi connectivity index (χ3n) is 3.55. The van der Waals surface area contributed by atoms with Gasteiger partial charge >= 0.3 is 0 Å². The molecule has 1 aromatic carbocycles. The van der Waals surface area contributed by atoms with Crippen LogP contribution in [0.25, 0.3) is 0 Å². The fourth-order valence-corrected chi connectivity index (χ4v) is 2.14. The van der Waals surface area contributed by atoms with Crippen LogP contribution in [0.3, 0.4) is 0 Å². The van der Waals surface area contributed by atoms with Gasteiger partial charge in [0.25, 0.3) is 5.91 Å². The van der Waals surface area contributed by atoms with Crippen molar-refractivity contribution >= 4 is 17.5 Å². The Morgan fingerprint density at radius 3 is 2.68 bits per heavy atom. The Morgan fingerprint density at radius 2 is 2.00 bits per heavy atom. The number of nitrogens with one attached hydrogen (secondary N) is 2. The predicted molar refractivity (Wildman–Crippen MR) is 97.5 cm³/mol. The first kappa shape index (κ1) is 18.5. The lowest BCUT2D eigenvalue weighted by molar-refractivity contribution is 0.102. The molecule has 1 heterocycles. The van der Waals surface area contributed by atoms with Crippen molar-refractivity contribution in [3.63, 3.8) is 0 Å². The van der Waals surface area contributed by atoms with Crippen molar-refractivity contribution in [3.8, 4) is 11.5 Å². The van der Waals surface area contributed by atoms with Gasteiger partial charge in [-0.2, -0.15) is 0 Å². The summed E-state index contributed by atoms with van der Waals surface area (Å²) in [5, 5.41) is 5.92. The molecule has 0 spiro atoms. The molecule has 25 heavy (non-hydrogen) atoms. The monoisotopic (exact) mass is 344 g/mol. The van der Waals surface area contributed by atoms with E-state index in [0.29, 0.717) is 29.1 Å². The number of hydrogen-bond donors (Lipinski definition) is 2. The average Bonchev–Trinajstić information content (AvgIpc) is 2.61. The van der Waals surface area contributed by atoms with Gasteiger partial charge in [0, 0.05) is 18.8 Å². The molecule has 2 aromatic rings. The summed E-state index contributed by atoms with van der Waals surface area (Å²) in [5.41, 5.74) is 0.784. The van der Waals surface area contributed by atoms with E-state index in [2.05, 4.69) is 34.4 Å². The van der Waals surface area contributed by atoms with E-state index in [1.807, 2.05) is 0 Å². The molecule has 0 bridgehead atoms. The van der Waals surface area contributed by atoms with E-state index in [1.165, 1.54) is 0 Å². The van der Waals surface area contributed by atoms with Crippen LogP contribution in [0.2, 0.25) is 0 Å². The zero-order valence-corrected chi connectivity index (χ0v) is 15.0. The molecule has 0 radical (unpaired) electrons. The molecule has 2 N–H and O–H groups in total. The summed E-state index contributed by atoms with van der Waals surface area (Å²) >= 11 is 0. The third kappa shape index (κ3) is 5.34. The summed E-state index contributed by atoms with van der Waals surface area (Å²) in [5.74, 6) is 1.83. The summed E-state index contributed by atoms with van der Waals surface area (Å²) in [4.78, 5) is 20.9. The van der Waals surface area contributed by atoms with Gasteiger partial charge in [0.05, 0.1) is 19.9 Å². The molecular formula is C18H24N4O3. The maximum Gasteiger partial charge on any atom is 0.274 e.